The predicted octanol–water partition coefficient (Wildman–Crippen LogP) is 1.74. The lowest BCUT2D eigenvalue weighted by atomic mass is 10.1. The van der Waals surface area contributed by atoms with Gasteiger partial charge >= 0.3 is 5.97 Å². The third kappa shape index (κ3) is 4.50. The van der Waals surface area contributed by atoms with Crippen molar-refractivity contribution in [3.8, 4) is 5.75 Å². The number of hydrogen-bond donors (Lipinski definition) is 2. The van der Waals surface area contributed by atoms with Crippen LogP contribution in [0.3, 0.4) is 0 Å². The average Bonchev–Trinajstić information content (AvgIpc) is 2.86. The Balaban J connectivity index is 2.17. The summed E-state index contributed by atoms with van der Waals surface area (Å²) in [4.78, 5) is 37.5. The second-order valence-corrected chi connectivity index (χ2v) is 6.30. The molecule has 0 aliphatic carbocycles. The van der Waals surface area contributed by atoms with Crippen molar-refractivity contribution < 1.29 is 37.8 Å². The molecular formula is C17H19F3N2O5. The minimum Gasteiger partial charge on any atom is -0.503 e. The molecule has 1 aliphatic rings. The summed E-state index contributed by atoms with van der Waals surface area (Å²) in [6.07, 6.45) is 1.08. The van der Waals surface area contributed by atoms with E-state index in [0.29, 0.717) is 18.9 Å². The number of aromatic hydroxyl groups is 1. The van der Waals surface area contributed by atoms with E-state index in [9.17, 15) is 32.7 Å². The molecule has 7 nitrogen and oxygen atoms in total. The fourth-order valence-electron chi connectivity index (χ4n) is 3.15. The zero-order valence-corrected chi connectivity index (χ0v) is 14.5. The van der Waals surface area contributed by atoms with Crippen molar-refractivity contribution in [1.29, 1.82) is 0 Å². The molecule has 2 amide bonds. The van der Waals surface area contributed by atoms with Crippen molar-refractivity contribution in [2.45, 2.75) is 32.2 Å². The van der Waals surface area contributed by atoms with E-state index in [4.69, 9.17) is 5.11 Å². The number of benzene rings is 1. The highest BCUT2D eigenvalue weighted by Crippen LogP contribution is 2.27. The first-order valence-electron chi connectivity index (χ1n) is 8.28. The maximum absolute atomic E-state index is 14.0. The topological polar surface area (TPSA) is 98.2 Å². The molecule has 1 atom stereocenters. The second kappa shape index (κ2) is 8.28. The molecule has 1 saturated heterocycles. The lowest BCUT2D eigenvalue weighted by Gasteiger charge is -2.28. The van der Waals surface area contributed by atoms with Gasteiger partial charge in [-0.25, -0.2) is 8.78 Å². The number of phenols is 1. The fourth-order valence-corrected chi connectivity index (χ4v) is 3.15. The van der Waals surface area contributed by atoms with Crippen LogP contribution in [0.5, 0.6) is 5.75 Å². The summed E-state index contributed by atoms with van der Waals surface area (Å²) in [5.41, 5.74) is -0.793. The van der Waals surface area contributed by atoms with Crippen LogP contribution in [0.25, 0.3) is 0 Å². The van der Waals surface area contributed by atoms with Crippen molar-refractivity contribution in [3.63, 3.8) is 0 Å². The number of hydrogen-bond acceptors (Lipinski definition) is 4. The second-order valence-electron chi connectivity index (χ2n) is 6.30. The first kappa shape index (κ1) is 20.5. The number of nitrogens with zero attached hydrogens (tertiary/aromatic N) is 2. The Bertz CT molecular complexity index is 771. The number of rotatable bonds is 4. The lowest BCUT2D eigenvalue weighted by molar-refractivity contribution is -0.145. The zero-order valence-electron chi connectivity index (χ0n) is 14.5. The molecule has 1 aromatic rings. The van der Waals surface area contributed by atoms with Gasteiger partial charge in [-0.15, -0.1) is 0 Å². The smallest absolute Gasteiger partial charge is 0.323 e. The summed E-state index contributed by atoms with van der Waals surface area (Å²) < 4.78 is 40.6. The van der Waals surface area contributed by atoms with E-state index in [1.54, 1.807) is 0 Å². The van der Waals surface area contributed by atoms with Gasteiger partial charge in [0, 0.05) is 26.1 Å². The number of carbonyl (C=O) groups is 3. The number of carboxylic acid groups (broad SMARTS) is 1. The normalized spacial score (nSPS) is 17.3. The van der Waals surface area contributed by atoms with E-state index in [0.717, 1.165) is 0 Å². The number of aliphatic carboxylic acids is 1. The van der Waals surface area contributed by atoms with Gasteiger partial charge in [-0.1, -0.05) is 0 Å². The third-order valence-electron chi connectivity index (χ3n) is 4.50. The highest BCUT2D eigenvalue weighted by Gasteiger charge is 2.30. The van der Waals surface area contributed by atoms with Crippen LogP contribution in [0.2, 0.25) is 0 Å². The SMILES string of the molecule is CC(=O)N(CC(=O)O)C1CCCN(C(=O)c2cc(F)c(F)c(O)c2F)CC1. The monoisotopic (exact) mass is 388 g/mol. The molecule has 0 radical (unpaired) electrons. The number of carbonyl (C=O) groups excluding carboxylic acids is 2. The lowest BCUT2D eigenvalue weighted by Crippen LogP contribution is -2.43. The van der Waals surface area contributed by atoms with Gasteiger partial charge in [0.1, 0.15) is 6.54 Å². The molecule has 27 heavy (non-hydrogen) atoms. The van der Waals surface area contributed by atoms with Crippen LogP contribution in [0.4, 0.5) is 13.2 Å². The van der Waals surface area contributed by atoms with E-state index < -0.39 is 59.1 Å². The first-order chi connectivity index (χ1) is 12.6. The van der Waals surface area contributed by atoms with Crippen molar-refractivity contribution in [1.82, 2.24) is 9.80 Å². The van der Waals surface area contributed by atoms with Crippen molar-refractivity contribution in [2.75, 3.05) is 19.6 Å². The minimum atomic E-state index is -1.77. The van der Waals surface area contributed by atoms with Crippen LogP contribution in [0, 0.1) is 17.5 Å². The Morgan fingerprint density at radius 2 is 1.85 bits per heavy atom. The molecule has 1 heterocycles. The van der Waals surface area contributed by atoms with Gasteiger partial charge in [0.25, 0.3) is 5.91 Å². The Morgan fingerprint density at radius 1 is 1.19 bits per heavy atom. The molecule has 1 aliphatic heterocycles. The highest BCUT2D eigenvalue weighted by molar-refractivity contribution is 5.95. The van der Waals surface area contributed by atoms with Crippen LogP contribution >= 0.6 is 0 Å². The number of amides is 2. The summed E-state index contributed by atoms with van der Waals surface area (Å²) in [6.45, 7) is 0.995. The summed E-state index contributed by atoms with van der Waals surface area (Å²) in [7, 11) is 0. The number of likely N-dealkylation sites (tertiary alicyclic amines) is 1. The molecule has 10 heteroatoms. The van der Waals surface area contributed by atoms with Gasteiger partial charge in [0.15, 0.2) is 17.4 Å². The van der Waals surface area contributed by atoms with Crippen LogP contribution in [0.1, 0.15) is 36.5 Å². The van der Waals surface area contributed by atoms with Crippen LogP contribution in [-0.2, 0) is 9.59 Å². The molecule has 2 rings (SSSR count). The van der Waals surface area contributed by atoms with Crippen LogP contribution in [-0.4, -0.2) is 63.5 Å². The van der Waals surface area contributed by atoms with Gasteiger partial charge in [-0.3, -0.25) is 14.4 Å². The Labute approximate surface area is 153 Å². The van der Waals surface area contributed by atoms with E-state index in [1.165, 1.54) is 16.7 Å². The third-order valence-corrected chi connectivity index (χ3v) is 4.50. The summed E-state index contributed by atoms with van der Waals surface area (Å²) in [6, 6.07) is -0.0268. The predicted molar refractivity (Wildman–Crippen MR) is 86.5 cm³/mol. The van der Waals surface area contributed by atoms with E-state index in [2.05, 4.69) is 0 Å². The molecule has 1 unspecified atom stereocenters. The van der Waals surface area contributed by atoms with Crippen LogP contribution in [0.15, 0.2) is 6.07 Å². The Kier molecular flexibility index (Phi) is 6.29. The van der Waals surface area contributed by atoms with E-state index in [1.807, 2.05) is 0 Å². The van der Waals surface area contributed by atoms with Crippen molar-refractivity contribution in [3.05, 3.63) is 29.1 Å². The van der Waals surface area contributed by atoms with Crippen LogP contribution < -0.4 is 0 Å². The average molecular weight is 388 g/mol. The molecule has 148 valence electrons. The largest absolute Gasteiger partial charge is 0.503 e. The molecule has 1 fully saturated rings. The van der Waals surface area contributed by atoms with Gasteiger partial charge < -0.3 is 20.0 Å². The standard InChI is InChI=1S/C17H19F3N2O5/c1-9(23)22(8-13(24)25)10-3-2-5-21(6-4-10)17(27)11-7-12(18)15(20)16(26)14(11)19/h7,10,26H,2-6,8H2,1H3,(H,24,25). The summed E-state index contributed by atoms with van der Waals surface area (Å²) in [5.74, 6) is -8.93. The maximum Gasteiger partial charge on any atom is 0.323 e. The zero-order chi connectivity index (χ0) is 20.3. The minimum absolute atomic E-state index is 0.0616. The van der Waals surface area contributed by atoms with Crippen molar-refractivity contribution >= 4 is 17.8 Å². The molecule has 0 bridgehead atoms. The maximum atomic E-state index is 14.0. The van der Waals surface area contributed by atoms with E-state index >= 15 is 0 Å². The van der Waals surface area contributed by atoms with Gasteiger partial charge in [-0.2, -0.15) is 4.39 Å². The number of halogens is 3. The Hall–Kier alpha value is -2.78. The van der Waals surface area contributed by atoms with Crippen molar-refractivity contribution in [2.24, 2.45) is 0 Å². The molecular weight excluding hydrogens is 369 g/mol. The number of phenolic OH excluding ortho intramolecular Hbond substituents is 1. The number of carboxylic acids is 1. The van der Waals surface area contributed by atoms with Gasteiger partial charge in [0.2, 0.25) is 11.7 Å². The molecule has 0 aromatic heterocycles. The molecule has 1 aromatic carbocycles. The van der Waals surface area contributed by atoms with Gasteiger partial charge in [0.05, 0.1) is 5.56 Å². The van der Waals surface area contributed by atoms with E-state index in [-0.39, 0.29) is 19.5 Å². The Morgan fingerprint density at radius 3 is 2.44 bits per heavy atom. The summed E-state index contributed by atoms with van der Waals surface area (Å²) >= 11 is 0. The molecule has 2 N–H and O–H groups in total. The summed E-state index contributed by atoms with van der Waals surface area (Å²) in [5, 5.41) is 18.2. The van der Waals surface area contributed by atoms with Gasteiger partial charge in [-0.05, 0) is 25.3 Å². The quantitative estimate of drug-likeness (QED) is 0.766. The molecule has 0 saturated carbocycles. The first-order valence-corrected chi connectivity index (χ1v) is 8.28. The molecule has 0 spiro atoms. The highest BCUT2D eigenvalue weighted by atomic mass is 19.2. The fraction of sp³-hybridized carbons (Fsp3) is 0.471.